The van der Waals surface area contributed by atoms with Crippen molar-refractivity contribution in [2.75, 3.05) is 13.7 Å². The molecule has 4 aromatic rings. The number of aromatic nitrogens is 1. The Kier molecular flexibility index (Phi) is 5.72. The summed E-state index contributed by atoms with van der Waals surface area (Å²) >= 11 is 0. The fourth-order valence-corrected chi connectivity index (χ4v) is 5.78. The Morgan fingerprint density at radius 2 is 1.67 bits per heavy atom. The minimum Gasteiger partial charge on any atom is -0.497 e. The van der Waals surface area contributed by atoms with Crippen LogP contribution in [0.3, 0.4) is 0 Å². The first-order valence-corrected chi connectivity index (χ1v) is 12.5. The third-order valence-corrected chi connectivity index (χ3v) is 7.54. The first-order chi connectivity index (χ1) is 17.6. The summed E-state index contributed by atoms with van der Waals surface area (Å²) in [5, 5.41) is 1.14. The average molecular weight is 480 g/mol. The zero-order valence-electron chi connectivity index (χ0n) is 20.3. The lowest BCUT2D eigenvalue weighted by Crippen LogP contribution is -2.62. The number of carbonyl (C=O) groups excluding carboxylic acids is 2. The van der Waals surface area contributed by atoms with Crippen LogP contribution in [0.4, 0.5) is 0 Å². The topological polar surface area (TPSA) is 65.6 Å². The maximum atomic E-state index is 13.8. The number of methoxy groups -OCH3 is 1. The van der Waals surface area contributed by atoms with Gasteiger partial charge in [0, 0.05) is 29.6 Å². The molecular formula is C30H29N3O3. The maximum Gasteiger partial charge on any atom is 0.246 e. The molecule has 1 saturated heterocycles. The van der Waals surface area contributed by atoms with Gasteiger partial charge in [-0.3, -0.25) is 9.59 Å². The Bertz CT molecular complexity index is 1410. The monoisotopic (exact) mass is 479 g/mol. The van der Waals surface area contributed by atoms with Crippen LogP contribution in [0.15, 0.2) is 78.9 Å². The van der Waals surface area contributed by atoms with Gasteiger partial charge in [0.15, 0.2) is 0 Å². The molecule has 0 bridgehead atoms. The summed E-state index contributed by atoms with van der Waals surface area (Å²) in [6.45, 7) is 0.507. The van der Waals surface area contributed by atoms with E-state index in [1.807, 2.05) is 59.5 Å². The molecule has 0 saturated carbocycles. The Labute approximate surface area is 210 Å². The van der Waals surface area contributed by atoms with Crippen LogP contribution in [-0.2, 0) is 29.0 Å². The fourth-order valence-electron chi connectivity index (χ4n) is 5.78. The quantitative estimate of drug-likeness (QED) is 0.438. The molecule has 2 atom stereocenters. The number of benzene rings is 3. The molecule has 1 fully saturated rings. The fraction of sp³-hybridized carbons (Fsp3) is 0.267. The van der Waals surface area contributed by atoms with E-state index < -0.39 is 6.04 Å². The number of nitrogens with zero attached hydrogens (tertiary/aromatic N) is 2. The van der Waals surface area contributed by atoms with Crippen LogP contribution in [0.25, 0.3) is 10.9 Å². The highest BCUT2D eigenvalue weighted by Gasteiger charge is 2.47. The van der Waals surface area contributed by atoms with Crippen molar-refractivity contribution in [3.8, 4) is 5.75 Å². The van der Waals surface area contributed by atoms with Gasteiger partial charge < -0.3 is 19.5 Å². The number of para-hydroxylation sites is 1. The van der Waals surface area contributed by atoms with Crippen LogP contribution in [0, 0.1) is 0 Å². The summed E-state index contributed by atoms with van der Waals surface area (Å²) in [6, 6.07) is 25.6. The summed E-state index contributed by atoms with van der Waals surface area (Å²) < 4.78 is 5.25. The normalized spacial score (nSPS) is 19.4. The van der Waals surface area contributed by atoms with Gasteiger partial charge in [0.1, 0.15) is 18.3 Å². The van der Waals surface area contributed by atoms with Crippen molar-refractivity contribution in [1.29, 1.82) is 0 Å². The molecule has 2 amide bonds. The van der Waals surface area contributed by atoms with Crippen LogP contribution in [-0.4, -0.2) is 46.3 Å². The van der Waals surface area contributed by atoms with E-state index in [1.54, 1.807) is 12.0 Å². The molecule has 1 N–H and O–H groups in total. The first kappa shape index (κ1) is 22.4. The number of carbonyl (C=O) groups is 2. The van der Waals surface area contributed by atoms with Gasteiger partial charge >= 0.3 is 0 Å². The van der Waals surface area contributed by atoms with Gasteiger partial charge in [-0.1, -0.05) is 60.7 Å². The standard InChI is InChI=1S/C30H29N3O3/c1-36-22-14-11-21(12-15-22)18-32-19-28(34)33-26(16-13-20-7-3-2-4-8-20)29-24(17-27(33)30(32)35)23-9-5-6-10-25(23)31-29/h2-12,14-15,26-27,31H,13,16-19H2,1H3. The number of aromatic amines is 1. The molecule has 6 rings (SSSR count). The van der Waals surface area contributed by atoms with E-state index in [2.05, 4.69) is 29.2 Å². The van der Waals surface area contributed by atoms with Gasteiger partial charge in [-0.2, -0.15) is 0 Å². The van der Waals surface area contributed by atoms with Crippen molar-refractivity contribution < 1.29 is 14.3 Å². The number of hydrogen-bond acceptors (Lipinski definition) is 3. The summed E-state index contributed by atoms with van der Waals surface area (Å²) in [5.74, 6) is 0.799. The summed E-state index contributed by atoms with van der Waals surface area (Å²) in [4.78, 5) is 34.6. The van der Waals surface area contributed by atoms with Gasteiger partial charge in [0.05, 0.1) is 13.2 Å². The van der Waals surface area contributed by atoms with Gasteiger partial charge in [-0.05, 0) is 47.7 Å². The summed E-state index contributed by atoms with van der Waals surface area (Å²) in [5.41, 5.74) is 5.51. The molecule has 182 valence electrons. The molecule has 1 aromatic heterocycles. The zero-order valence-corrected chi connectivity index (χ0v) is 20.3. The van der Waals surface area contributed by atoms with Crippen molar-refractivity contribution in [2.24, 2.45) is 0 Å². The Morgan fingerprint density at radius 3 is 2.44 bits per heavy atom. The van der Waals surface area contributed by atoms with Crippen molar-refractivity contribution in [3.05, 3.63) is 101 Å². The molecule has 0 spiro atoms. The van der Waals surface area contributed by atoms with E-state index in [0.717, 1.165) is 46.3 Å². The molecule has 3 heterocycles. The summed E-state index contributed by atoms with van der Waals surface area (Å²) in [7, 11) is 1.63. The smallest absolute Gasteiger partial charge is 0.246 e. The third-order valence-electron chi connectivity index (χ3n) is 7.54. The molecule has 36 heavy (non-hydrogen) atoms. The number of fused-ring (bicyclic) bond motifs is 4. The predicted octanol–water partition coefficient (Wildman–Crippen LogP) is 4.65. The lowest BCUT2D eigenvalue weighted by Gasteiger charge is -2.47. The molecule has 2 aliphatic heterocycles. The van der Waals surface area contributed by atoms with Crippen molar-refractivity contribution >= 4 is 22.7 Å². The van der Waals surface area contributed by atoms with Crippen molar-refractivity contribution in [2.45, 2.75) is 37.9 Å². The number of piperazine rings is 1. The molecular weight excluding hydrogens is 450 g/mol. The lowest BCUT2D eigenvalue weighted by molar-refractivity contribution is -0.160. The lowest BCUT2D eigenvalue weighted by atomic mass is 9.86. The number of hydrogen-bond donors (Lipinski definition) is 1. The average Bonchev–Trinajstić information content (AvgIpc) is 3.29. The predicted molar refractivity (Wildman–Crippen MR) is 139 cm³/mol. The van der Waals surface area contributed by atoms with E-state index in [1.165, 1.54) is 5.56 Å². The molecule has 2 unspecified atom stereocenters. The largest absolute Gasteiger partial charge is 0.497 e. The molecule has 0 aliphatic carbocycles. The molecule has 6 heteroatoms. The van der Waals surface area contributed by atoms with E-state index in [4.69, 9.17) is 4.74 Å². The Balaban J connectivity index is 1.33. The van der Waals surface area contributed by atoms with Gasteiger partial charge in [0.2, 0.25) is 11.8 Å². The maximum absolute atomic E-state index is 13.8. The number of amides is 2. The highest BCUT2D eigenvalue weighted by atomic mass is 16.5. The minimum absolute atomic E-state index is 0.00970. The van der Waals surface area contributed by atoms with Crippen LogP contribution in [0.1, 0.15) is 34.8 Å². The van der Waals surface area contributed by atoms with Crippen LogP contribution >= 0.6 is 0 Å². The Morgan fingerprint density at radius 1 is 0.917 bits per heavy atom. The molecule has 6 nitrogen and oxygen atoms in total. The Hall–Kier alpha value is -4.06. The SMILES string of the molecule is COc1ccc(CN2CC(=O)N3C(Cc4c([nH]c5ccccc45)C3CCc3ccccc3)C2=O)cc1. The highest BCUT2D eigenvalue weighted by molar-refractivity contribution is 5.97. The number of H-pyrrole nitrogens is 1. The second kappa shape index (κ2) is 9.19. The molecule has 3 aromatic carbocycles. The van der Waals surface area contributed by atoms with E-state index in [0.29, 0.717) is 13.0 Å². The minimum atomic E-state index is -0.489. The van der Waals surface area contributed by atoms with E-state index in [9.17, 15) is 9.59 Å². The van der Waals surface area contributed by atoms with Gasteiger partial charge in [-0.15, -0.1) is 0 Å². The molecule has 2 aliphatic rings. The van der Waals surface area contributed by atoms with Crippen molar-refractivity contribution in [1.82, 2.24) is 14.8 Å². The number of nitrogens with one attached hydrogen (secondary N) is 1. The van der Waals surface area contributed by atoms with Crippen LogP contribution in [0.2, 0.25) is 0 Å². The number of ether oxygens (including phenoxy) is 1. The number of rotatable bonds is 6. The highest BCUT2D eigenvalue weighted by Crippen LogP contribution is 2.41. The van der Waals surface area contributed by atoms with Gasteiger partial charge in [-0.25, -0.2) is 0 Å². The second-order valence-electron chi connectivity index (χ2n) is 9.67. The molecule has 0 radical (unpaired) electrons. The van der Waals surface area contributed by atoms with Gasteiger partial charge in [0.25, 0.3) is 0 Å². The second-order valence-corrected chi connectivity index (χ2v) is 9.67. The first-order valence-electron chi connectivity index (χ1n) is 12.5. The van der Waals surface area contributed by atoms with E-state index >= 15 is 0 Å². The zero-order chi connectivity index (χ0) is 24.6. The van der Waals surface area contributed by atoms with Crippen LogP contribution in [0.5, 0.6) is 5.75 Å². The summed E-state index contributed by atoms with van der Waals surface area (Å²) in [6.07, 6.45) is 2.13. The third kappa shape index (κ3) is 3.92. The van der Waals surface area contributed by atoms with Crippen LogP contribution < -0.4 is 4.74 Å². The number of aryl methyl sites for hydroxylation is 1. The van der Waals surface area contributed by atoms with E-state index in [-0.39, 0.29) is 24.4 Å². The van der Waals surface area contributed by atoms with Crippen molar-refractivity contribution in [3.63, 3.8) is 0 Å².